The van der Waals surface area contributed by atoms with Crippen LogP contribution in [-0.2, 0) is 0 Å². The van der Waals surface area contributed by atoms with Gasteiger partial charge >= 0.3 is 0 Å². The van der Waals surface area contributed by atoms with Crippen LogP contribution < -0.4 is 0 Å². The molecule has 0 radical (unpaired) electrons. The first-order chi connectivity index (χ1) is 9.33. The Hall–Kier alpha value is -0.550. The van der Waals surface area contributed by atoms with Crippen molar-refractivity contribution in [3.8, 4) is 0 Å². The van der Waals surface area contributed by atoms with Crippen LogP contribution in [0, 0.1) is 0 Å². The van der Waals surface area contributed by atoms with E-state index in [0.29, 0.717) is 11.1 Å². The Kier molecular flexibility index (Phi) is 4.43. The van der Waals surface area contributed by atoms with Crippen LogP contribution in [0.2, 0.25) is 0 Å². The van der Waals surface area contributed by atoms with Gasteiger partial charge in [0.2, 0.25) is 5.89 Å². The fourth-order valence-corrected chi connectivity index (χ4v) is 4.18. The van der Waals surface area contributed by atoms with E-state index >= 15 is 0 Å². The number of hydrogen-bond acceptors (Lipinski definition) is 5. The highest BCUT2D eigenvalue weighted by molar-refractivity contribution is 7.99. The summed E-state index contributed by atoms with van der Waals surface area (Å²) in [6, 6.07) is 0. The number of nitrogens with zero attached hydrogens (tertiary/aromatic N) is 2. The van der Waals surface area contributed by atoms with E-state index in [1.165, 1.54) is 38.5 Å². The molecule has 3 rings (SSSR count). The maximum atomic E-state index is 9.98. The molecule has 5 heteroatoms. The van der Waals surface area contributed by atoms with E-state index < -0.39 is 0 Å². The molecule has 1 aromatic heterocycles. The molecule has 2 aliphatic rings. The Morgan fingerprint density at radius 3 is 2.47 bits per heavy atom. The summed E-state index contributed by atoms with van der Waals surface area (Å²) in [5.41, 5.74) is 0. The minimum absolute atomic E-state index is 0.219. The highest BCUT2D eigenvalue weighted by Crippen LogP contribution is 2.36. The second-order valence-electron chi connectivity index (χ2n) is 5.75. The van der Waals surface area contributed by atoms with Crippen molar-refractivity contribution in [3.05, 3.63) is 5.89 Å². The molecule has 0 aliphatic heterocycles. The molecule has 0 bridgehead atoms. The zero-order valence-electron chi connectivity index (χ0n) is 11.3. The molecule has 2 aliphatic carbocycles. The first kappa shape index (κ1) is 13.4. The largest absolute Gasteiger partial charge is 0.416 e. The number of aromatic nitrogens is 2. The van der Waals surface area contributed by atoms with Crippen LogP contribution >= 0.6 is 11.8 Å². The minimum atomic E-state index is -0.219. The summed E-state index contributed by atoms with van der Waals surface area (Å²) in [7, 11) is 0. The minimum Gasteiger partial charge on any atom is -0.416 e. The normalized spacial score (nSPS) is 29.5. The number of hydrogen-bond donors (Lipinski definition) is 1. The summed E-state index contributed by atoms with van der Waals surface area (Å²) in [5.74, 6) is 1.28. The van der Waals surface area contributed by atoms with Crippen LogP contribution in [0.1, 0.15) is 69.6 Å². The van der Waals surface area contributed by atoms with E-state index in [4.69, 9.17) is 4.42 Å². The van der Waals surface area contributed by atoms with Gasteiger partial charge in [0, 0.05) is 11.2 Å². The Morgan fingerprint density at radius 1 is 0.947 bits per heavy atom. The van der Waals surface area contributed by atoms with E-state index in [2.05, 4.69) is 10.2 Å². The van der Waals surface area contributed by atoms with Crippen LogP contribution in [-0.4, -0.2) is 26.7 Å². The van der Waals surface area contributed by atoms with E-state index in [1.54, 1.807) is 11.8 Å². The molecule has 1 N–H and O–H groups in total. The molecule has 1 aromatic rings. The quantitative estimate of drug-likeness (QED) is 0.919. The van der Waals surface area contributed by atoms with E-state index in [-0.39, 0.29) is 11.4 Å². The third-order valence-electron chi connectivity index (χ3n) is 4.30. The monoisotopic (exact) mass is 282 g/mol. The van der Waals surface area contributed by atoms with Crippen molar-refractivity contribution in [2.75, 3.05) is 0 Å². The Labute approximate surface area is 118 Å². The summed E-state index contributed by atoms with van der Waals surface area (Å²) in [6.45, 7) is 0. The molecule has 0 spiro atoms. The summed E-state index contributed by atoms with van der Waals surface area (Å²) in [4.78, 5) is 0. The Morgan fingerprint density at radius 2 is 1.68 bits per heavy atom. The van der Waals surface area contributed by atoms with Crippen molar-refractivity contribution in [1.82, 2.24) is 10.2 Å². The molecular formula is C14H22N2O2S. The molecule has 2 saturated carbocycles. The summed E-state index contributed by atoms with van der Waals surface area (Å²) in [5, 5.41) is 19.2. The van der Waals surface area contributed by atoms with Crippen LogP contribution in [0.3, 0.4) is 0 Å². The van der Waals surface area contributed by atoms with Gasteiger partial charge in [-0.3, -0.25) is 0 Å². The van der Waals surface area contributed by atoms with Crippen molar-refractivity contribution in [2.24, 2.45) is 0 Å². The lowest BCUT2D eigenvalue weighted by Crippen LogP contribution is -2.26. The van der Waals surface area contributed by atoms with Gasteiger partial charge in [0.15, 0.2) is 0 Å². The zero-order chi connectivity index (χ0) is 13.1. The van der Waals surface area contributed by atoms with Crippen LogP contribution in [0.15, 0.2) is 9.64 Å². The number of aliphatic hydroxyl groups is 1. The van der Waals surface area contributed by atoms with Crippen molar-refractivity contribution in [1.29, 1.82) is 0 Å². The number of rotatable bonds is 3. The van der Waals surface area contributed by atoms with Gasteiger partial charge in [-0.1, -0.05) is 43.9 Å². The predicted octanol–water partition coefficient (Wildman–Crippen LogP) is 3.51. The summed E-state index contributed by atoms with van der Waals surface area (Å²) >= 11 is 1.57. The van der Waals surface area contributed by atoms with Crippen LogP contribution in [0.25, 0.3) is 0 Å². The molecule has 106 valence electrons. The SMILES string of the molecule is OC1CCCCC1Sc1nnc(C2CCCCC2)o1. The lowest BCUT2D eigenvalue weighted by Gasteiger charge is -2.25. The topological polar surface area (TPSA) is 59.2 Å². The fraction of sp³-hybridized carbons (Fsp3) is 0.857. The Balaban J connectivity index is 1.60. The van der Waals surface area contributed by atoms with Crippen molar-refractivity contribution >= 4 is 11.8 Å². The number of aliphatic hydroxyl groups excluding tert-OH is 1. The first-order valence-electron chi connectivity index (χ1n) is 7.51. The summed E-state index contributed by atoms with van der Waals surface area (Å²) < 4.78 is 5.80. The molecule has 0 aromatic carbocycles. The lowest BCUT2D eigenvalue weighted by atomic mass is 9.89. The van der Waals surface area contributed by atoms with Crippen LogP contribution in [0.5, 0.6) is 0 Å². The van der Waals surface area contributed by atoms with Gasteiger partial charge < -0.3 is 9.52 Å². The highest BCUT2D eigenvalue weighted by atomic mass is 32.2. The van der Waals surface area contributed by atoms with Gasteiger partial charge in [-0.05, 0) is 25.7 Å². The average molecular weight is 282 g/mol. The molecule has 4 nitrogen and oxygen atoms in total. The molecule has 2 fully saturated rings. The molecule has 2 unspecified atom stereocenters. The molecular weight excluding hydrogens is 260 g/mol. The van der Waals surface area contributed by atoms with Gasteiger partial charge in [-0.2, -0.15) is 0 Å². The van der Waals surface area contributed by atoms with E-state index in [0.717, 1.165) is 25.2 Å². The molecule has 19 heavy (non-hydrogen) atoms. The van der Waals surface area contributed by atoms with Crippen LogP contribution in [0.4, 0.5) is 0 Å². The highest BCUT2D eigenvalue weighted by Gasteiger charge is 2.27. The van der Waals surface area contributed by atoms with Gasteiger partial charge in [-0.15, -0.1) is 10.2 Å². The third kappa shape index (κ3) is 3.31. The van der Waals surface area contributed by atoms with Gasteiger partial charge in [0.1, 0.15) is 0 Å². The molecule has 1 heterocycles. The summed E-state index contributed by atoms with van der Waals surface area (Å²) in [6.07, 6.45) is 10.3. The lowest BCUT2D eigenvalue weighted by molar-refractivity contribution is 0.136. The second kappa shape index (κ2) is 6.27. The Bertz CT molecular complexity index is 404. The van der Waals surface area contributed by atoms with Crippen molar-refractivity contribution in [3.63, 3.8) is 0 Å². The van der Waals surface area contributed by atoms with Crippen molar-refractivity contribution in [2.45, 2.75) is 80.3 Å². The number of thioether (sulfide) groups is 1. The average Bonchev–Trinajstić information content (AvgIpc) is 2.91. The standard InChI is InChI=1S/C14H22N2O2S/c17-11-8-4-5-9-12(11)19-14-16-15-13(18-14)10-6-2-1-3-7-10/h10-12,17H,1-9H2. The predicted molar refractivity (Wildman–Crippen MR) is 74.2 cm³/mol. The fourth-order valence-electron chi connectivity index (χ4n) is 3.13. The van der Waals surface area contributed by atoms with E-state index in [9.17, 15) is 5.11 Å². The second-order valence-corrected chi connectivity index (χ2v) is 6.94. The van der Waals surface area contributed by atoms with Crippen molar-refractivity contribution < 1.29 is 9.52 Å². The van der Waals surface area contributed by atoms with Gasteiger partial charge in [0.25, 0.3) is 5.22 Å². The first-order valence-corrected chi connectivity index (χ1v) is 8.39. The maximum Gasteiger partial charge on any atom is 0.276 e. The third-order valence-corrected chi connectivity index (χ3v) is 5.52. The molecule has 2 atom stereocenters. The van der Waals surface area contributed by atoms with Gasteiger partial charge in [-0.25, -0.2) is 0 Å². The maximum absolute atomic E-state index is 9.98. The smallest absolute Gasteiger partial charge is 0.276 e. The molecule has 0 saturated heterocycles. The zero-order valence-corrected chi connectivity index (χ0v) is 12.1. The molecule has 0 amide bonds. The van der Waals surface area contributed by atoms with Gasteiger partial charge in [0.05, 0.1) is 6.10 Å². The van der Waals surface area contributed by atoms with E-state index in [1.807, 2.05) is 0 Å².